The fraction of sp³-hybridized carbons (Fsp3) is 0.500. The molecule has 1 saturated heterocycles. The van der Waals surface area contributed by atoms with Crippen molar-refractivity contribution in [1.29, 1.82) is 5.26 Å². The van der Waals surface area contributed by atoms with E-state index >= 15 is 0 Å². The van der Waals surface area contributed by atoms with Crippen LogP contribution in [0.2, 0.25) is 0 Å². The van der Waals surface area contributed by atoms with Crippen molar-refractivity contribution < 1.29 is 9.53 Å². The van der Waals surface area contributed by atoms with Gasteiger partial charge in [0.1, 0.15) is 6.07 Å². The number of nitrogens with zero attached hydrogens (tertiary/aromatic N) is 5. The third kappa shape index (κ3) is 2.91. The Morgan fingerprint density at radius 3 is 2.84 bits per heavy atom. The third-order valence-corrected chi connectivity index (χ3v) is 2.93. The molecule has 1 aromatic heterocycles. The SMILES string of the molecule is CCOC(=O)N1CCN(c2nnccc2C#N)CC1. The van der Waals surface area contributed by atoms with Crippen LogP contribution in [0.15, 0.2) is 12.3 Å². The second kappa shape index (κ2) is 6.00. The Bertz CT molecular complexity index is 491. The van der Waals surface area contributed by atoms with Crippen LogP contribution in [0.5, 0.6) is 0 Å². The quantitative estimate of drug-likeness (QED) is 0.776. The number of hydrogen-bond donors (Lipinski definition) is 0. The van der Waals surface area contributed by atoms with Crippen LogP contribution in [0.4, 0.5) is 10.6 Å². The van der Waals surface area contributed by atoms with E-state index in [1.54, 1.807) is 17.9 Å². The molecule has 0 aliphatic carbocycles. The molecule has 1 aliphatic heterocycles. The number of anilines is 1. The second-order valence-corrected chi connectivity index (χ2v) is 4.05. The molecular formula is C12H15N5O2. The van der Waals surface area contributed by atoms with Gasteiger partial charge >= 0.3 is 6.09 Å². The molecule has 1 fully saturated rings. The molecule has 100 valence electrons. The molecule has 0 N–H and O–H groups in total. The Morgan fingerprint density at radius 1 is 1.47 bits per heavy atom. The van der Waals surface area contributed by atoms with Crippen LogP contribution >= 0.6 is 0 Å². The summed E-state index contributed by atoms with van der Waals surface area (Å²) in [6.45, 7) is 4.51. The number of carbonyl (C=O) groups is 1. The van der Waals surface area contributed by atoms with E-state index in [0.717, 1.165) is 0 Å². The standard InChI is InChI=1S/C12H15N5O2/c1-2-19-12(18)17-7-5-16(6-8-17)11-10(9-13)3-4-14-15-11/h3-4H,2,5-8H2,1H3. The number of ether oxygens (including phenoxy) is 1. The fourth-order valence-corrected chi connectivity index (χ4v) is 1.96. The molecule has 0 atom stereocenters. The molecule has 0 saturated carbocycles. The first-order valence-electron chi connectivity index (χ1n) is 6.14. The first-order valence-corrected chi connectivity index (χ1v) is 6.14. The Morgan fingerprint density at radius 2 is 2.21 bits per heavy atom. The van der Waals surface area contributed by atoms with Crippen LogP contribution < -0.4 is 4.90 Å². The van der Waals surface area contributed by atoms with Crippen LogP contribution in [0, 0.1) is 11.3 Å². The van der Waals surface area contributed by atoms with Gasteiger partial charge in [-0.1, -0.05) is 0 Å². The summed E-state index contributed by atoms with van der Waals surface area (Å²) >= 11 is 0. The zero-order chi connectivity index (χ0) is 13.7. The first kappa shape index (κ1) is 13.1. The topological polar surface area (TPSA) is 82.3 Å². The summed E-state index contributed by atoms with van der Waals surface area (Å²) < 4.78 is 4.96. The summed E-state index contributed by atoms with van der Waals surface area (Å²) in [5.74, 6) is 0.577. The summed E-state index contributed by atoms with van der Waals surface area (Å²) in [7, 11) is 0. The first-order chi connectivity index (χ1) is 9.26. The Labute approximate surface area is 111 Å². The van der Waals surface area contributed by atoms with Gasteiger partial charge in [-0.2, -0.15) is 10.4 Å². The second-order valence-electron chi connectivity index (χ2n) is 4.05. The largest absolute Gasteiger partial charge is 0.450 e. The van der Waals surface area contributed by atoms with E-state index in [1.165, 1.54) is 6.20 Å². The van der Waals surface area contributed by atoms with Crippen LogP contribution in [0.3, 0.4) is 0 Å². The van der Waals surface area contributed by atoms with Crippen molar-refractivity contribution in [2.45, 2.75) is 6.92 Å². The summed E-state index contributed by atoms with van der Waals surface area (Å²) in [5, 5.41) is 16.8. The molecule has 0 aromatic carbocycles. The van der Waals surface area contributed by atoms with Crippen LogP contribution in [-0.4, -0.2) is 54.0 Å². The molecule has 0 bridgehead atoms. The van der Waals surface area contributed by atoms with E-state index in [0.29, 0.717) is 44.2 Å². The maximum atomic E-state index is 11.6. The van der Waals surface area contributed by atoms with Crippen LogP contribution in [0.1, 0.15) is 12.5 Å². The molecule has 19 heavy (non-hydrogen) atoms. The van der Waals surface area contributed by atoms with Gasteiger partial charge in [0.25, 0.3) is 0 Å². The van der Waals surface area contributed by atoms with E-state index in [9.17, 15) is 4.79 Å². The van der Waals surface area contributed by atoms with Crippen molar-refractivity contribution in [1.82, 2.24) is 15.1 Å². The summed E-state index contributed by atoms with van der Waals surface area (Å²) in [5.41, 5.74) is 0.500. The number of carbonyl (C=O) groups excluding carboxylic acids is 1. The highest BCUT2D eigenvalue weighted by Gasteiger charge is 2.24. The minimum atomic E-state index is -0.290. The number of hydrogen-bond acceptors (Lipinski definition) is 6. The maximum Gasteiger partial charge on any atom is 0.409 e. The fourth-order valence-electron chi connectivity index (χ4n) is 1.96. The van der Waals surface area contributed by atoms with Gasteiger partial charge in [0.15, 0.2) is 5.82 Å². The van der Waals surface area contributed by atoms with Gasteiger partial charge in [-0.05, 0) is 13.0 Å². The lowest BCUT2D eigenvalue weighted by Gasteiger charge is -2.34. The normalized spacial score (nSPS) is 14.9. The number of aromatic nitrogens is 2. The van der Waals surface area contributed by atoms with Gasteiger partial charge in [-0.25, -0.2) is 4.79 Å². The van der Waals surface area contributed by atoms with E-state index in [-0.39, 0.29) is 6.09 Å². The smallest absolute Gasteiger partial charge is 0.409 e. The molecule has 2 heterocycles. The average molecular weight is 261 g/mol. The predicted molar refractivity (Wildman–Crippen MR) is 67.6 cm³/mol. The van der Waals surface area contributed by atoms with E-state index in [1.807, 2.05) is 4.90 Å². The number of rotatable bonds is 2. The summed E-state index contributed by atoms with van der Waals surface area (Å²) in [6.07, 6.45) is 1.21. The Balaban J connectivity index is 2.00. The minimum absolute atomic E-state index is 0.290. The molecule has 1 aliphatic rings. The Kier molecular flexibility index (Phi) is 4.13. The van der Waals surface area contributed by atoms with Crippen molar-refractivity contribution in [3.05, 3.63) is 17.8 Å². The number of amides is 1. The lowest BCUT2D eigenvalue weighted by atomic mass is 10.2. The predicted octanol–water partition coefficient (Wildman–Crippen LogP) is 0.627. The lowest BCUT2D eigenvalue weighted by Crippen LogP contribution is -2.49. The molecule has 7 nitrogen and oxygen atoms in total. The monoisotopic (exact) mass is 261 g/mol. The molecule has 1 amide bonds. The van der Waals surface area contributed by atoms with Gasteiger partial charge in [-0.15, -0.1) is 5.10 Å². The van der Waals surface area contributed by atoms with Gasteiger partial charge < -0.3 is 14.5 Å². The number of nitriles is 1. The lowest BCUT2D eigenvalue weighted by molar-refractivity contribution is 0.105. The average Bonchev–Trinajstić information content (AvgIpc) is 2.47. The van der Waals surface area contributed by atoms with Gasteiger partial charge in [0, 0.05) is 26.2 Å². The summed E-state index contributed by atoms with van der Waals surface area (Å²) in [6, 6.07) is 3.74. The highest BCUT2D eigenvalue weighted by molar-refractivity contribution is 5.68. The van der Waals surface area contributed by atoms with Gasteiger partial charge in [-0.3, -0.25) is 0 Å². The summed E-state index contributed by atoms with van der Waals surface area (Å²) in [4.78, 5) is 15.2. The number of piperazine rings is 1. The maximum absolute atomic E-state index is 11.6. The molecule has 1 aromatic rings. The van der Waals surface area contributed by atoms with Crippen molar-refractivity contribution >= 4 is 11.9 Å². The van der Waals surface area contributed by atoms with Crippen LogP contribution in [0.25, 0.3) is 0 Å². The van der Waals surface area contributed by atoms with E-state index in [2.05, 4.69) is 16.3 Å². The molecule has 0 spiro atoms. The van der Waals surface area contributed by atoms with Crippen molar-refractivity contribution in [2.75, 3.05) is 37.7 Å². The third-order valence-electron chi connectivity index (χ3n) is 2.93. The van der Waals surface area contributed by atoms with Crippen molar-refractivity contribution in [3.8, 4) is 6.07 Å². The molecule has 0 radical (unpaired) electrons. The molecule has 2 rings (SSSR count). The van der Waals surface area contributed by atoms with Gasteiger partial charge in [0.05, 0.1) is 18.4 Å². The zero-order valence-corrected chi connectivity index (χ0v) is 10.7. The van der Waals surface area contributed by atoms with E-state index in [4.69, 9.17) is 10.00 Å². The highest BCUT2D eigenvalue weighted by atomic mass is 16.6. The van der Waals surface area contributed by atoms with Gasteiger partial charge in [0.2, 0.25) is 0 Å². The minimum Gasteiger partial charge on any atom is -0.450 e. The zero-order valence-electron chi connectivity index (χ0n) is 10.7. The molecule has 7 heteroatoms. The van der Waals surface area contributed by atoms with Crippen molar-refractivity contribution in [3.63, 3.8) is 0 Å². The molecule has 0 unspecified atom stereocenters. The molecular weight excluding hydrogens is 246 g/mol. The van der Waals surface area contributed by atoms with E-state index < -0.39 is 0 Å². The Hall–Kier alpha value is -2.36. The van der Waals surface area contributed by atoms with Crippen LogP contribution in [-0.2, 0) is 4.74 Å². The van der Waals surface area contributed by atoms with Crippen molar-refractivity contribution in [2.24, 2.45) is 0 Å². The highest BCUT2D eigenvalue weighted by Crippen LogP contribution is 2.17.